The molecule has 2 fully saturated rings. The summed E-state index contributed by atoms with van der Waals surface area (Å²) in [4.78, 5) is 0. The van der Waals surface area contributed by atoms with Crippen molar-refractivity contribution < 1.29 is 8.42 Å². The van der Waals surface area contributed by atoms with Crippen molar-refractivity contribution in [3.63, 3.8) is 0 Å². The minimum absolute atomic E-state index is 0.236. The van der Waals surface area contributed by atoms with Crippen molar-refractivity contribution in [3.8, 4) is 0 Å². The molecule has 0 radical (unpaired) electrons. The van der Waals surface area contributed by atoms with E-state index in [4.69, 9.17) is 0 Å². The third-order valence-electron chi connectivity index (χ3n) is 5.19. The van der Waals surface area contributed by atoms with Crippen LogP contribution in [0.2, 0.25) is 0 Å². The van der Waals surface area contributed by atoms with Crippen molar-refractivity contribution in [2.24, 2.45) is 11.8 Å². The number of nitrogens with zero attached hydrogens (tertiary/aromatic N) is 1. The molecule has 2 aliphatic rings. The van der Waals surface area contributed by atoms with Gasteiger partial charge < -0.3 is 5.32 Å². The molecule has 0 spiro atoms. The highest BCUT2D eigenvalue weighted by atomic mass is 32.2. The lowest BCUT2D eigenvalue weighted by Gasteiger charge is -2.34. The van der Waals surface area contributed by atoms with E-state index in [0.29, 0.717) is 11.7 Å². The van der Waals surface area contributed by atoms with Gasteiger partial charge in [0.25, 0.3) is 0 Å². The summed E-state index contributed by atoms with van der Waals surface area (Å²) in [6.45, 7) is 4.13. The van der Waals surface area contributed by atoms with Crippen molar-refractivity contribution in [2.75, 3.05) is 25.9 Å². The van der Waals surface area contributed by atoms with Crippen LogP contribution in [-0.4, -0.2) is 44.7 Å². The maximum Gasteiger partial charge on any atom is 0.214 e. The van der Waals surface area contributed by atoms with E-state index < -0.39 is 10.0 Å². The molecule has 1 saturated carbocycles. The summed E-state index contributed by atoms with van der Waals surface area (Å²) in [5.74, 6) is 1.43. The van der Waals surface area contributed by atoms with Gasteiger partial charge in [-0.1, -0.05) is 13.3 Å². The van der Waals surface area contributed by atoms with Gasteiger partial charge in [-0.05, 0) is 63.5 Å². The predicted molar refractivity (Wildman–Crippen MR) is 83.2 cm³/mol. The summed E-state index contributed by atoms with van der Waals surface area (Å²) < 4.78 is 26.8. The first-order valence-electron chi connectivity index (χ1n) is 8.19. The van der Waals surface area contributed by atoms with E-state index in [-0.39, 0.29) is 6.04 Å². The molecule has 1 N–H and O–H groups in total. The molecule has 2 rings (SSSR count). The number of nitrogens with one attached hydrogen (secondary N) is 1. The van der Waals surface area contributed by atoms with E-state index in [0.717, 1.165) is 44.7 Å². The van der Waals surface area contributed by atoms with Crippen molar-refractivity contribution in [2.45, 2.75) is 57.9 Å². The monoisotopic (exact) mass is 302 g/mol. The molecule has 1 unspecified atom stereocenters. The van der Waals surface area contributed by atoms with Crippen molar-refractivity contribution in [1.29, 1.82) is 0 Å². The molecule has 0 aromatic heterocycles. The zero-order valence-corrected chi connectivity index (χ0v) is 13.8. The molecule has 1 aliphatic heterocycles. The molecule has 20 heavy (non-hydrogen) atoms. The fourth-order valence-corrected chi connectivity index (χ4v) is 5.41. The Balaban J connectivity index is 1.88. The van der Waals surface area contributed by atoms with Crippen LogP contribution in [0.25, 0.3) is 0 Å². The predicted octanol–water partition coefficient (Wildman–Crippen LogP) is 2.22. The van der Waals surface area contributed by atoms with Gasteiger partial charge in [-0.2, -0.15) is 0 Å². The lowest BCUT2D eigenvalue weighted by atomic mass is 9.85. The fourth-order valence-electron chi connectivity index (χ4n) is 3.63. The zero-order valence-electron chi connectivity index (χ0n) is 13.0. The molecule has 1 heterocycles. The number of sulfonamides is 1. The summed E-state index contributed by atoms with van der Waals surface area (Å²) in [6, 6.07) is 0.236. The van der Waals surface area contributed by atoms with Crippen molar-refractivity contribution in [3.05, 3.63) is 0 Å². The third-order valence-corrected chi connectivity index (χ3v) is 7.26. The molecular formula is C15H30N2O2S. The van der Waals surface area contributed by atoms with Crippen LogP contribution < -0.4 is 5.32 Å². The molecule has 118 valence electrons. The lowest BCUT2D eigenvalue weighted by Crippen LogP contribution is -2.43. The molecule has 0 amide bonds. The van der Waals surface area contributed by atoms with Crippen LogP contribution in [0.4, 0.5) is 0 Å². The Morgan fingerprint density at radius 3 is 2.35 bits per heavy atom. The molecular weight excluding hydrogens is 272 g/mol. The van der Waals surface area contributed by atoms with Crippen LogP contribution in [0.3, 0.4) is 0 Å². The zero-order chi connectivity index (χ0) is 14.6. The van der Waals surface area contributed by atoms with Gasteiger partial charge >= 0.3 is 0 Å². The second-order valence-corrected chi connectivity index (χ2v) is 8.66. The second kappa shape index (κ2) is 7.23. The van der Waals surface area contributed by atoms with Gasteiger partial charge in [0, 0.05) is 13.1 Å². The minimum atomic E-state index is -3.09. The summed E-state index contributed by atoms with van der Waals surface area (Å²) in [5, 5.41) is 3.31. The number of piperidine rings is 1. The highest BCUT2D eigenvalue weighted by Gasteiger charge is 2.31. The second-order valence-electron chi connectivity index (χ2n) is 6.59. The van der Waals surface area contributed by atoms with E-state index in [1.807, 2.05) is 0 Å². The van der Waals surface area contributed by atoms with E-state index in [1.165, 1.54) is 19.3 Å². The Morgan fingerprint density at radius 2 is 1.80 bits per heavy atom. The first-order chi connectivity index (χ1) is 9.53. The minimum Gasteiger partial charge on any atom is -0.316 e. The molecule has 0 aromatic carbocycles. The van der Waals surface area contributed by atoms with Crippen LogP contribution >= 0.6 is 0 Å². The largest absolute Gasteiger partial charge is 0.316 e. The van der Waals surface area contributed by atoms with E-state index in [1.54, 1.807) is 11.4 Å². The quantitative estimate of drug-likeness (QED) is 0.847. The van der Waals surface area contributed by atoms with Gasteiger partial charge in [-0.25, -0.2) is 12.7 Å². The van der Waals surface area contributed by atoms with Crippen molar-refractivity contribution >= 4 is 10.0 Å². The van der Waals surface area contributed by atoms with Crippen LogP contribution in [0.5, 0.6) is 0 Å². The average Bonchev–Trinajstić information content (AvgIpc) is 2.47. The number of hydrogen-bond donors (Lipinski definition) is 1. The SMILES string of the molecule is CCC1CCC(N(C)S(=O)(=O)CC2CCCNC2)CC1. The van der Waals surface area contributed by atoms with E-state index >= 15 is 0 Å². The first-order valence-corrected chi connectivity index (χ1v) is 9.80. The van der Waals surface area contributed by atoms with Gasteiger partial charge in [0.2, 0.25) is 10.0 Å². The van der Waals surface area contributed by atoms with E-state index in [2.05, 4.69) is 12.2 Å². The third kappa shape index (κ3) is 4.18. The average molecular weight is 302 g/mol. The molecule has 5 heteroatoms. The molecule has 1 saturated heterocycles. The molecule has 4 nitrogen and oxygen atoms in total. The van der Waals surface area contributed by atoms with Gasteiger partial charge in [0.1, 0.15) is 0 Å². The Morgan fingerprint density at radius 1 is 1.10 bits per heavy atom. The maximum absolute atomic E-state index is 12.5. The maximum atomic E-state index is 12.5. The van der Waals surface area contributed by atoms with Crippen LogP contribution in [-0.2, 0) is 10.0 Å². The van der Waals surface area contributed by atoms with Crippen LogP contribution in [0, 0.1) is 11.8 Å². The number of hydrogen-bond acceptors (Lipinski definition) is 3. The summed E-state index contributed by atoms with van der Waals surface area (Å²) >= 11 is 0. The van der Waals surface area contributed by atoms with Gasteiger partial charge in [0.15, 0.2) is 0 Å². The standard InChI is InChI=1S/C15H30N2O2S/c1-3-13-6-8-15(9-7-13)17(2)20(18,19)12-14-5-4-10-16-11-14/h13-16H,3-12H2,1-2H3. The number of rotatable bonds is 5. The first kappa shape index (κ1) is 16.2. The summed E-state index contributed by atoms with van der Waals surface area (Å²) in [6.07, 6.45) is 7.83. The van der Waals surface area contributed by atoms with Crippen LogP contribution in [0.1, 0.15) is 51.9 Å². The molecule has 0 bridgehead atoms. The smallest absolute Gasteiger partial charge is 0.214 e. The normalized spacial score (nSPS) is 32.5. The Hall–Kier alpha value is -0.130. The molecule has 1 aliphatic carbocycles. The Labute approximate surface area is 124 Å². The van der Waals surface area contributed by atoms with Crippen molar-refractivity contribution in [1.82, 2.24) is 9.62 Å². The van der Waals surface area contributed by atoms with Gasteiger partial charge in [-0.3, -0.25) is 0 Å². The van der Waals surface area contributed by atoms with E-state index in [9.17, 15) is 8.42 Å². The Bertz CT molecular complexity index is 383. The lowest BCUT2D eigenvalue weighted by molar-refractivity contribution is 0.231. The summed E-state index contributed by atoms with van der Waals surface area (Å²) in [7, 11) is -1.30. The topological polar surface area (TPSA) is 49.4 Å². The van der Waals surface area contributed by atoms with Crippen LogP contribution in [0.15, 0.2) is 0 Å². The highest BCUT2D eigenvalue weighted by Crippen LogP contribution is 2.30. The molecule has 1 atom stereocenters. The highest BCUT2D eigenvalue weighted by molar-refractivity contribution is 7.89. The van der Waals surface area contributed by atoms with Gasteiger partial charge in [-0.15, -0.1) is 0 Å². The van der Waals surface area contributed by atoms with Gasteiger partial charge in [0.05, 0.1) is 5.75 Å². The fraction of sp³-hybridized carbons (Fsp3) is 1.00. The summed E-state index contributed by atoms with van der Waals surface area (Å²) in [5.41, 5.74) is 0. The Kier molecular flexibility index (Phi) is 5.87. The molecule has 0 aromatic rings.